The summed E-state index contributed by atoms with van der Waals surface area (Å²) in [6, 6.07) is 12.1. The van der Waals surface area contributed by atoms with Gasteiger partial charge in [-0.25, -0.2) is 9.69 Å². The maximum absolute atomic E-state index is 13.4. The van der Waals surface area contributed by atoms with Crippen molar-refractivity contribution in [2.45, 2.75) is 0 Å². The van der Waals surface area contributed by atoms with E-state index in [1.807, 2.05) is 12.1 Å². The first-order valence-electron chi connectivity index (χ1n) is 8.75. The van der Waals surface area contributed by atoms with Crippen molar-refractivity contribution >= 4 is 66.8 Å². The number of carbonyl (C=O) groups excluding carboxylic acids is 2. The van der Waals surface area contributed by atoms with Crippen molar-refractivity contribution in [1.82, 2.24) is 9.13 Å². The molecule has 0 fully saturated rings. The summed E-state index contributed by atoms with van der Waals surface area (Å²) in [4.78, 5) is 40.0. The number of hydrogen-bond donors (Lipinski definition) is 0. The summed E-state index contributed by atoms with van der Waals surface area (Å²) in [7, 11) is 3.28. The average Bonchev–Trinajstić information content (AvgIpc) is 2.89. The molecular formula is C21H13BrClN3O3. The van der Waals surface area contributed by atoms with Crippen molar-refractivity contribution in [3.05, 3.63) is 73.6 Å². The van der Waals surface area contributed by atoms with Crippen LogP contribution in [0.1, 0.15) is 20.7 Å². The lowest BCUT2D eigenvalue weighted by atomic mass is 9.93. The molecule has 8 heteroatoms. The van der Waals surface area contributed by atoms with Crippen molar-refractivity contribution in [1.29, 1.82) is 0 Å². The van der Waals surface area contributed by atoms with Crippen LogP contribution in [0.3, 0.4) is 0 Å². The number of hydrogen-bond acceptors (Lipinski definition) is 3. The zero-order chi connectivity index (χ0) is 20.6. The Kier molecular flexibility index (Phi) is 3.78. The fourth-order valence-corrected chi connectivity index (χ4v) is 4.69. The van der Waals surface area contributed by atoms with Crippen LogP contribution in [0.5, 0.6) is 0 Å². The summed E-state index contributed by atoms with van der Waals surface area (Å²) in [5, 5.41) is 1.65. The number of aromatic nitrogens is 2. The number of imidazole rings is 1. The van der Waals surface area contributed by atoms with Crippen molar-refractivity contribution in [2.75, 3.05) is 4.90 Å². The molecule has 0 radical (unpaired) electrons. The fourth-order valence-electron chi connectivity index (χ4n) is 3.97. The number of halogens is 2. The Balaban J connectivity index is 1.81. The summed E-state index contributed by atoms with van der Waals surface area (Å²) in [5.74, 6) is -0.903. The third-order valence-corrected chi connectivity index (χ3v) is 6.15. The van der Waals surface area contributed by atoms with Crippen molar-refractivity contribution < 1.29 is 9.59 Å². The summed E-state index contributed by atoms with van der Waals surface area (Å²) in [5.41, 5.74) is 2.08. The minimum Gasteiger partial charge on any atom is -0.295 e. The zero-order valence-electron chi connectivity index (χ0n) is 15.4. The normalized spacial score (nSPS) is 13.7. The van der Waals surface area contributed by atoms with Crippen LogP contribution in [0.25, 0.3) is 21.8 Å². The van der Waals surface area contributed by atoms with E-state index in [1.165, 1.54) is 9.13 Å². The van der Waals surface area contributed by atoms with Crippen molar-refractivity contribution in [2.24, 2.45) is 14.1 Å². The third kappa shape index (κ3) is 2.37. The Morgan fingerprint density at radius 2 is 1.52 bits per heavy atom. The topological polar surface area (TPSA) is 64.3 Å². The van der Waals surface area contributed by atoms with Gasteiger partial charge < -0.3 is 0 Å². The first-order valence-corrected chi connectivity index (χ1v) is 9.92. The van der Waals surface area contributed by atoms with E-state index >= 15 is 0 Å². The summed E-state index contributed by atoms with van der Waals surface area (Å²) in [6.45, 7) is 0. The molecule has 0 spiro atoms. The van der Waals surface area contributed by atoms with E-state index in [0.29, 0.717) is 27.5 Å². The van der Waals surface area contributed by atoms with Gasteiger partial charge in [-0.15, -0.1) is 0 Å². The number of fused-ring (bicyclic) bond motifs is 1. The summed E-state index contributed by atoms with van der Waals surface area (Å²) >= 11 is 9.92. The maximum atomic E-state index is 13.4. The van der Waals surface area contributed by atoms with Crippen LogP contribution in [0.2, 0.25) is 5.02 Å². The second-order valence-corrected chi connectivity index (χ2v) is 8.32. The highest BCUT2D eigenvalue weighted by molar-refractivity contribution is 9.10. The number of aryl methyl sites for hydroxylation is 2. The number of anilines is 1. The maximum Gasteiger partial charge on any atom is 0.328 e. The molecule has 0 saturated heterocycles. The van der Waals surface area contributed by atoms with Gasteiger partial charge in [0.1, 0.15) is 0 Å². The van der Waals surface area contributed by atoms with E-state index < -0.39 is 11.8 Å². The van der Waals surface area contributed by atoms with Gasteiger partial charge in [-0.05, 0) is 35.7 Å². The van der Waals surface area contributed by atoms with Crippen LogP contribution < -0.4 is 10.6 Å². The average molecular weight is 471 g/mol. The van der Waals surface area contributed by atoms with E-state index in [9.17, 15) is 14.4 Å². The monoisotopic (exact) mass is 469 g/mol. The lowest BCUT2D eigenvalue weighted by Crippen LogP contribution is -2.40. The van der Waals surface area contributed by atoms with Gasteiger partial charge in [0.25, 0.3) is 11.8 Å². The van der Waals surface area contributed by atoms with Gasteiger partial charge in [-0.3, -0.25) is 18.7 Å². The molecule has 0 unspecified atom stereocenters. The zero-order valence-corrected chi connectivity index (χ0v) is 17.7. The molecule has 3 aromatic carbocycles. The second kappa shape index (κ2) is 6.05. The molecule has 0 atom stereocenters. The molecule has 1 aliphatic heterocycles. The van der Waals surface area contributed by atoms with Crippen LogP contribution >= 0.6 is 27.5 Å². The number of rotatable bonds is 1. The molecule has 0 aliphatic carbocycles. The van der Waals surface area contributed by atoms with Gasteiger partial charge >= 0.3 is 5.69 Å². The molecule has 0 saturated carbocycles. The minimum atomic E-state index is -0.456. The number of imide groups is 1. The van der Waals surface area contributed by atoms with Crippen LogP contribution in [-0.2, 0) is 14.1 Å². The molecule has 144 valence electrons. The fraction of sp³-hybridized carbons (Fsp3) is 0.0952. The van der Waals surface area contributed by atoms with Crippen molar-refractivity contribution in [3.8, 4) is 0 Å². The lowest BCUT2D eigenvalue weighted by Gasteiger charge is -2.28. The number of benzene rings is 3. The Morgan fingerprint density at radius 1 is 0.862 bits per heavy atom. The number of nitrogens with zero attached hydrogens (tertiary/aromatic N) is 3. The highest BCUT2D eigenvalue weighted by atomic mass is 79.9. The van der Waals surface area contributed by atoms with Gasteiger partial charge in [-0.1, -0.05) is 39.7 Å². The highest BCUT2D eigenvalue weighted by Gasteiger charge is 2.35. The summed E-state index contributed by atoms with van der Waals surface area (Å²) in [6.07, 6.45) is 0. The molecule has 6 nitrogen and oxygen atoms in total. The van der Waals surface area contributed by atoms with Crippen LogP contribution in [0.4, 0.5) is 5.69 Å². The van der Waals surface area contributed by atoms with Gasteiger partial charge in [0.2, 0.25) is 0 Å². The van der Waals surface area contributed by atoms with Gasteiger partial charge in [-0.2, -0.15) is 0 Å². The molecule has 5 rings (SSSR count). The van der Waals surface area contributed by atoms with E-state index in [0.717, 1.165) is 14.8 Å². The second-order valence-electron chi connectivity index (χ2n) is 7.00. The minimum absolute atomic E-state index is 0.214. The molecule has 4 aromatic rings. The first-order chi connectivity index (χ1) is 13.8. The van der Waals surface area contributed by atoms with Crippen molar-refractivity contribution in [3.63, 3.8) is 0 Å². The molecule has 1 aliphatic rings. The Bertz CT molecular complexity index is 1470. The van der Waals surface area contributed by atoms with Crippen LogP contribution in [-0.4, -0.2) is 20.9 Å². The summed E-state index contributed by atoms with van der Waals surface area (Å²) < 4.78 is 3.67. The molecule has 29 heavy (non-hydrogen) atoms. The van der Waals surface area contributed by atoms with Gasteiger partial charge in [0.05, 0.1) is 27.3 Å². The standard InChI is InChI=1S/C21H13BrClN3O3/c1-24-16-8-14(23)15(9-17(16)25(2)21(24)29)26-19(27)12-5-3-4-10-6-11(22)7-13(18(10)12)20(26)28/h3-9H,1-2H3. The SMILES string of the molecule is Cn1c(=O)n(C)c2cc(N3C(=O)c4cccc5cc(Br)cc(c45)C3=O)c(Cl)cc21. The van der Waals surface area contributed by atoms with Crippen LogP contribution in [0, 0.1) is 0 Å². The smallest absolute Gasteiger partial charge is 0.295 e. The molecular weight excluding hydrogens is 458 g/mol. The van der Waals surface area contributed by atoms with E-state index in [1.54, 1.807) is 44.4 Å². The first kappa shape index (κ1) is 18.1. The Morgan fingerprint density at radius 3 is 2.24 bits per heavy atom. The largest absolute Gasteiger partial charge is 0.328 e. The molecule has 1 aromatic heterocycles. The quantitative estimate of drug-likeness (QED) is 0.391. The molecule has 0 N–H and O–H groups in total. The molecule has 2 amide bonds. The van der Waals surface area contributed by atoms with Crippen LogP contribution in [0.15, 0.2) is 51.7 Å². The predicted octanol–water partition coefficient (Wildman–Crippen LogP) is 4.25. The molecule has 2 heterocycles. The van der Waals surface area contributed by atoms with E-state index in [2.05, 4.69) is 15.9 Å². The Hall–Kier alpha value is -2.90. The van der Waals surface area contributed by atoms with Gasteiger partial charge in [0.15, 0.2) is 0 Å². The van der Waals surface area contributed by atoms with E-state index in [-0.39, 0.29) is 16.4 Å². The Labute approximate surface area is 178 Å². The number of carbonyl (C=O) groups is 2. The third-order valence-electron chi connectivity index (χ3n) is 5.39. The van der Waals surface area contributed by atoms with Gasteiger partial charge in [0, 0.05) is 29.5 Å². The molecule has 0 bridgehead atoms. The highest BCUT2D eigenvalue weighted by Crippen LogP contribution is 2.38. The predicted molar refractivity (Wildman–Crippen MR) is 116 cm³/mol. The van der Waals surface area contributed by atoms with E-state index in [4.69, 9.17) is 11.6 Å². The lowest BCUT2D eigenvalue weighted by molar-refractivity contribution is 0.0893. The number of amides is 2.